The lowest BCUT2D eigenvalue weighted by Crippen LogP contribution is -2.44. The summed E-state index contributed by atoms with van der Waals surface area (Å²) in [5.41, 5.74) is 5.11. The zero-order valence-electron chi connectivity index (χ0n) is 17.6. The van der Waals surface area contributed by atoms with Crippen molar-refractivity contribution in [3.8, 4) is 11.8 Å². The van der Waals surface area contributed by atoms with E-state index in [0.29, 0.717) is 11.6 Å². The van der Waals surface area contributed by atoms with Gasteiger partial charge in [-0.3, -0.25) is 0 Å². The Balaban J connectivity index is 1.22. The minimum atomic E-state index is 0.0824. The third-order valence-corrected chi connectivity index (χ3v) is 5.95. The molecule has 2 aromatic rings. The van der Waals surface area contributed by atoms with Crippen LogP contribution in [0.25, 0.3) is 0 Å². The molecule has 1 fully saturated rings. The molecule has 0 aromatic heterocycles. The summed E-state index contributed by atoms with van der Waals surface area (Å²) in [4.78, 5) is 8.06. The molecule has 6 nitrogen and oxygen atoms in total. The monoisotopic (exact) mass is 404 g/mol. The summed E-state index contributed by atoms with van der Waals surface area (Å²) in [6, 6.07) is 16.7. The van der Waals surface area contributed by atoms with Gasteiger partial charge in [0, 0.05) is 37.8 Å². The molecule has 1 unspecified atom stereocenters. The van der Waals surface area contributed by atoms with Gasteiger partial charge in [-0.05, 0) is 73.4 Å². The highest BCUT2D eigenvalue weighted by Gasteiger charge is 2.25. The Bertz CT molecular complexity index is 941. The van der Waals surface area contributed by atoms with E-state index in [4.69, 9.17) is 14.8 Å². The first-order valence-electron chi connectivity index (χ1n) is 10.5. The molecule has 2 heterocycles. The number of hydrogen-bond donors (Lipinski definition) is 1. The molecule has 2 aromatic carbocycles. The Morgan fingerprint density at radius 3 is 2.63 bits per heavy atom. The molecule has 4 rings (SSSR count). The first-order valence-corrected chi connectivity index (χ1v) is 10.5. The van der Waals surface area contributed by atoms with E-state index < -0.39 is 0 Å². The number of rotatable bonds is 6. The molecule has 0 spiro atoms. The minimum absolute atomic E-state index is 0.0824. The van der Waals surface area contributed by atoms with E-state index in [0.717, 1.165) is 61.5 Å². The molecule has 6 heteroatoms. The minimum Gasteiger partial charge on any atom is -0.496 e. The van der Waals surface area contributed by atoms with E-state index in [1.54, 1.807) is 7.11 Å². The highest BCUT2D eigenvalue weighted by atomic mass is 16.6. The molecule has 0 bridgehead atoms. The van der Waals surface area contributed by atoms with Gasteiger partial charge >= 0.3 is 0 Å². The maximum absolute atomic E-state index is 8.94. The van der Waals surface area contributed by atoms with E-state index in [1.165, 1.54) is 5.69 Å². The molecule has 0 radical (unpaired) electrons. The van der Waals surface area contributed by atoms with Crippen LogP contribution in [0.4, 0.5) is 5.69 Å². The molecule has 1 saturated heterocycles. The van der Waals surface area contributed by atoms with Crippen LogP contribution >= 0.6 is 0 Å². The Morgan fingerprint density at radius 1 is 1.20 bits per heavy atom. The number of hydrogen-bond acceptors (Lipinski definition) is 6. The van der Waals surface area contributed by atoms with Crippen LogP contribution in [0.1, 0.15) is 36.0 Å². The largest absolute Gasteiger partial charge is 0.496 e. The first-order chi connectivity index (χ1) is 14.7. The normalized spacial score (nSPS) is 19.2. The molecule has 2 aliphatic heterocycles. The van der Waals surface area contributed by atoms with Crippen molar-refractivity contribution in [2.75, 3.05) is 31.6 Å². The smallest absolute Gasteiger partial charge is 0.145 e. The SMILES string of the molecule is COc1ccc(C2=NOC(CNC3CCN(c4ccc(C#N)cc4)CC3)C2)cc1C. The van der Waals surface area contributed by atoms with Gasteiger partial charge in [-0.25, -0.2) is 0 Å². The van der Waals surface area contributed by atoms with E-state index in [-0.39, 0.29) is 6.10 Å². The van der Waals surface area contributed by atoms with Gasteiger partial charge in [0.25, 0.3) is 0 Å². The summed E-state index contributed by atoms with van der Waals surface area (Å²) >= 11 is 0. The van der Waals surface area contributed by atoms with E-state index in [9.17, 15) is 0 Å². The number of anilines is 1. The number of nitrogens with zero attached hydrogens (tertiary/aromatic N) is 3. The molecular formula is C24H28N4O2. The van der Waals surface area contributed by atoms with Gasteiger partial charge in [0.1, 0.15) is 11.9 Å². The van der Waals surface area contributed by atoms with Gasteiger partial charge in [-0.2, -0.15) is 5.26 Å². The van der Waals surface area contributed by atoms with Crippen molar-refractivity contribution in [3.63, 3.8) is 0 Å². The van der Waals surface area contributed by atoms with Crippen molar-refractivity contribution < 1.29 is 9.57 Å². The van der Waals surface area contributed by atoms with Crippen LogP contribution in [-0.4, -0.2) is 44.6 Å². The number of methoxy groups -OCH3 is 1. The highest BCUT2D eigenvalue weighted by Crippen LogP contribution is 2.24. The number of benzene rings is 2. The van der Waals surface area contributed by atoms with Gasteiger partial charge in [-0.15, -0.1) is 0 Å². The van der Waals surface area contributed by atoms with Crippen LogP contribution in [0.2, 0.25) is 0 Å². The fourth-order valence-corrected chi connectivity index (χ4v) is 4.15. The molecule has 1 atom stereocenters. The van der Waals surface area contributed by atoms with E-state index >= 15 is 0 Å². The highest BCUT2D eigenvalue weighted by molar-refractivity contribution is 6.01. The first kappa shape index (κ1) is 20.2. The maximum atomic E-state index is 8.94. The molecule has 2 aliphatic rings. The predicted octanol–water partition coefficient (Wildman–Crippen LogP) is 3.63. The molecule has 0 amide bonds. The van der Waals surface area contributed by atoms with Crippen molar-refractivity contribution >= 4 is 11.4 Å². The van der Waals surface area contributed by atoms with Gasteiger partial charge in [-0.1, -0.05) is 5.16 Å². The molecule has 30 heavy (non-hydrogen) atoms. The third-order valence-electron chi connectivity index (χ3n) is 5.95. The van der Waals surface area contributed by atoms with Crippen molar-refractivity contribution in [1.29, 1.82) is 5.26 Å². The number of nitriles is 1. The second-order valence-corrected chi connectivity index (χ2v) is 7.98. The van der Waals surface area contributed by atoms with Crippen molar-refractivity contribution in [2.45, 2.75) is 38.3 Å². The second-order valence-electron chi connectivity index (χ2n) is 7.98. The van der Waals surface area contributed by atoms with Crippen molar-refractivity contribution in [1.82, 2.24) is 5.32 Å². The lowest BCUT2D eigenvalue weighted by molar-refractivity contribution is 0.0819. The van der Waals surface area contributed by atoms with Crippen LogP contribution in [0.5, 0.6) is 5.75 Å². The topological polar surface area (TPSA) is 69.9 Å². The summed E-state index contributed by atoms with van der Waals surface area (Å²) in [7, 11) is 1.69. The Labute approximate surface area is 178 Å². The van der Waals surface area contributed by atoms with Crippen molar-refractivity contribution in [2.24, 2.45) is 5.16 Å². The number of piperidine rings is 1. The Hall–Kier alpha value is -3.04. The average Bonchev–Trinajstić information content (AvgIpc) is 3.27. The van der Waals surface area contributed by atoms with Crippen molar-refractivity contribution in [3.05, 3.63) is 59.2 Å². The average molecular weight is 405 g/mol. The van der Waals surface area contributed by atoms with Crippen LogP contribution in [0.15, 0.2) is 47.6 Å². The Kier molecular flexibility index (Phi) is 6.20. The van der Waals surface area contributed by atoms with Crippen LogP contribution in [0, 0.1) is 18.3 Å². The second kappa shape index (κ2) is 9.19. The van der Waals surface area contributed by atoms with Gasteiger partial charge < -0.3 is 19.8 Å². The zero-order chi connectivity index (χ0) is 20.9. The zero-order valence-corrected chi connectivity index (χ0v) is 17.6. The standard InChI is InChI=1S/C24H28N4O2/c1-17-13-19(5-8-24(17)29-2)23-14-22(30-27-23)16-26-20-9-11-28(12-10-20)21-6-3-18(15-25)4-7-21/h3-8,13,20,22,26H,9-12,14,16H2,1-2H3. The number of ether oxygens (including phenoxy) is 1. The maximum Gasteiger partial charge on any atom is 0.145 e. The number of nitrogens with one attached hydrogen (secondary N) is 1. The number of aryl methyl sites for hydroxylation is 1. The quantitative estimate of drug-likeness (QED) is 0.796. The molecular weight excluding hydrogens is 376 g/mol. The molecule has 0 aliphatic carbocycles. The summed E-state index contributed by atoms with van der Waals surface area (Å²) in [6.45, 7) is 4.88. The fourth-order valence-electron chi connectivity index (χ4n) is 4.15. The van der Waals surface area contributed by atoms with Gasteiger partial charge in [0.15, 0.2) is 0 Å². The summed E-state index contributed by atoms with van der Waals surface area (Å²) < 4.78 is 5.34. The summed E-state index contributed by atoms with van der Waals surface area (Å²) in [6.07, 6.45) is 3.10. The molecule has 0 saturated carbocycles. The summed E-state index contributed by atoms with van der Waals surface area (Å²) in [5, 5.41) is 16.9. The fraction of sp³-hybridized carbons (Fsp3) is 0.417. The third kappa shape index (κ3) is 4.58. The molecule has 1 N–H and O–H groups in total. The lowest BCUT2D eigenvalue weighted by Gasteiger charge is -2.34. The van der Waals surface area contributed by atoms with E-state index in [2.05, 4.69) is 27.5 Å². The van der Waals surface area contributed by atoms with E-state index in [1.807, 2.05) is 43.3 Å². The van der Waals surface area contributed by atoms with Crippen LogP contribution < -0.4 is 15.0 Å². The molecule has 156 valence electrons. The number of oxime groups is 1. The Morgan fingerprint density at radius 2 is 1.97 bits per heavy atom. The lowest BCUT2D eigenvalue weighted by atomic mass is 10.0. The summed E-state index contributed by atoms with van der Waals surface area (Å²) in [5.74, 6) is 0.892. The van der Waals surface area contributed by atoms with Crippen LogP contribution in [-0.2, 0) is 4.84 Å². The van der Waals surface area contributed by atoms with Crippen LogP contribution in [0.3, 0.4) is 0 Å². The predicted molar refractivity (Wildman–Crippen MR) is 118 cm³/mol. The van der Waals surface area contributed by atoms with Gasteiger partial charge in [0.05, 0.1) is 24.5 Å². The van der Waals surface area contributed by atoms with Gasteiger partial charge in [0.2, 0.25) is 0 Å².